The summed E-state index contributed by atoms with van der Waals surface area (Å²) in [7, 11) is 0. The Kier molecular flexibility index (Phi) is 9.46. The molecule has 0 radical (unpaired) electrons. The number of hydrogen-bond donors (Lipinski definition) is 2. The highest BCUT2D eigenvalue weighted by atomic mass is 16.5. The van der Waals surface area contributed by atoms with Crippen molar-refractivity contribution in [2.45, 2.75) is 77.7 Å². The van der Waals surface area contributed by atoms with Crippen molar-refractivity contribution in [3.8, 4) is 11.3 Å². The zero-order valence-corrected chi connectivity index (χ0v) is 20.6. The molecule has 2 N–H and O–H groups in total. The number of carbonyl (C=O) groups excluding carboxylic acids is 2. The number of carboxylic acids is 1. The Hall–Kier alpha value is -3.16. The van der Waals surface area contributed by atoms with Crippen molar-refractivity contribution in [3.63, 3.8) is 0 Å². The molecule has 0 aliphatic heterocycles. The van der Waals surface area contributed by atoms with Gasteiger partial charge in [0.05, 0.1) is 30.6 Å². The number of oxazole rings is 1. The summed E-state index contributed by atoms with van der Waals surface area (Å²) in [4.78, 5) is 42.1. The third-order valence-electron chi connectivity index (χ3n) is 6.75. The molecule has 8 nitrogen and oxygen atoms in total. The Labute approximate surface area is 206 Å². The molecule has 0 unspecified atom stereocenters. The van der Waals surface area contributed by atoms with Crippen molar-refractivity contribution in [1.82, 2.24) is 10.3 Å². The minimum absolute atomic E-state index is 0.0178. The molecule has 1 aromatic carbocycles. The molecule has 1 fully saturated rings. The van der Waals surface area contributed by atoms with Crippen LogP contribution in [0.4, 0.5) is 0 Å². The van der Waals surface area contributed by atoms with Gasteiger partial charge in [-0.2, -0.15) is 0 Å². The van der Waals surface area contributed by atoms with Crippen LogP contribution in [0.5, 0.6) is 0 Å². The van der Waals surface area contributed by atoms with Crippen LogP contribution in [0.3, 0.4) is 0 Å². The van der Waals surface area contributed by atoms with Gasteiger partial charge in [0.15, 0.2) is 11.7 Å². The zero-order valence-electron chi connectivity index (χ0n) is 20.6. The molecule has 1 heterocycles. The topological polar surface area (TPSA) is 119 Å². The normalized spacial score (nSPS) is 16.4. The van der Waals surface area contributed by atoms with Crippen molar-refractivity contribution in [1.29, 1.82) is 0 Å². The SMILES string of the molecule is CCC[C@H](CC1(C(=O)N[C@H](CC(=O)OCC)Cc2ncc(-c3ccccc3)o2)CCCC1)C(=O)O. The molecule has 1 aliphatic rings. The van der Waals surface area contributed by atoms with E-state index in [1.54, 1.807) is 13.1 Å². The summed E-state index contributed by atoms with van der Waals surface area (Å²) >= 11 is 0. The van der Waals surface area contributed by atoms with Gasteiger partial charge in [0.25, 0.3) is 0 Å². The third kappa shape index (κ3) is 7.16. The molecule has 2 aromatic rings. The lowest BCUT2D eigenvalue weighted by molar-refractivity contribution is -0.144. The number of aliphatic carboxylic acids is 1. The molecule has 1 saturated carbocycles. The van der Waals surface area contributed by atoms with E-state index in [0.29, 0.717) is 37.3 Å². The highest BCUT2D eigenvalue weighted by Gasteiger charge is 2.44. The van der Waals surface area contributed by atoms with Gasteiger partial charge < -0.3 is 19.6 Å². The summed E-state index contributed by atoms with van der Waals surface area (Å²) in [6, 6.07) is 8.99. The van der Waals surface area contributed by atoms with Crippen LogP contribution in [0.2, 0.25) is 0 Å². The van der Waals surface area contributed by atoms with Crippen LogP contribution in [0.15, 0.2) is 40.9 Å². The van der Waals surface area contributed by atoms with E-state index in [4.69, 9.17) is 9.15 Å². The van der Waals surface area contributed by atoms with Gasteiger partial charge in [-0.3, -0.25) is 14.4 Å². The van der Waals surface area contributed by atoms with Crippen molar-refractivity contribution >= 4 is 17.8 Å². The molecule has 8 heteroatoms. The summed E-state index contributed by atoms with van der Waals surface area (Å²) in [5.41, 5.74) is 0.148. The van der Waals surface area contributed by atoms with E-state index in [0.717, 1.165) is 24.8 Å². The van der Waals surface area contributed by atoms with E-state index in [9.17, 15) is 19.5 Å². The molecule has 2 atom stereocenters. The Morgan fingerprint density at radius 3 is 2.51 bits per heavy atom. The van der Waals surface area contributed by atoms with Crippen LogP contribution >= 0.6 is 0 Å². The second-order valence-electron chi connectivity index (χ2n) is 9.38. The number of nitrogens with zero attached hydrogens (tertiary/aromatic N) is 1. The molecule has 3 rings (SSSR count). The summed E-state index contributed by atoms with van der Waals surface area (Å²) in [6.45, 7) is 3.93. The van der Waals surface area contributed by atoms with E-state index in [-0.39, 0.29) is 25.4 Å². The lowest BCUT2D eigenvalue weighted by Crippen LogP contribution is -2.47. The first-order chi connectivity index (χ1) is 16.9. The lowest BCUT2D eigenvalue weighted by Gasteiger charge is -2.32. The Balaban J connectivity index is 1.77. The number of carbonyl (C=O) groups is 3. The molecular formula is C27H36N2O6. The number of amides is 1. The van der Waals surface area contributed by atoms with Crippen molar-refractivity contribution in [2.24, 2.45) is 11.3 Å². The molecule has 35 heavy (non-hydrogen) atoms. The molecule has 1 aromatic heterocycles. The summed E-state index contributed by atoms with van der Waals surface area (Å²) < 4.78 is 11.0. The number of hydrogen-bond acceptors (Lipinski definition) is 6. The summed E-state index contributed by atoms with van der Waals surface area (Å²) in [5, 5.41) is 12.7. The van der Waals surface area contributed by atoms with Gasteiger partial charge >= 0.3 is 11.9 Å². The number of ether oxygens (including phenoxy) is 1. The predicted molar refractivity (Wildman–Crippen MR) is 130 cm³/mol. The van der Waals surface area contributed by atoms with Crippen LogP contribution in [0.1, 0.15) is 71.1 Å². The van der Waals surface area contributed by atoms with Crippen molar-refractivity contribution in [3.05, 3.63) is 42.4 Å². The fourth-order valence-corrected chi connectivity index (χ4v) is 4.99. The first-order valence-corrected chi connectivity index (χ1v) is 12.6. The Bertz CT molecular complexity index is 981. The van der Waals surface area contributed by atoms with Crippen LogP contribution < -0.4 is 5.32 Å². The number of aromatic nitrogens is 1. The number of benzene rings is 1. The number of carboxylic acid groups (broad SMARTS) is 1. The first kappa shape index (κ1) is 26.4. The minimum atomic E-state index is -0.859. The molecule has 0 spiro atoms. The fraction of sp³-hybridized carbons (Fsp3) is 0.556. The molecule has 0 bridgehead atoms. The van der Waals surface area contributed by atoms with Crippen LogP contribution in [0, 0.1) is 11.3 Å². The largest absolute Gasteiger partial charge is 0.481 e. The standard InChI is InChI=1S/C27H36N2O6/c1-3-10-20(25(31)32)17-27(13-8-9-14-27)26(33)29-21(16-24(30)34-4-2)15-23-28-18-22(35-23)19-11-6-5-7-12-19/h5-7,11-12,18,20-21H,3-4,8-10,13-17H2,1-2H3,(H,29,33)(H,31,32)/t20-,21+/m1/s1. The second-order valence-corrected chi connectivity index (χ2v) is 9.38. The van der Waals surface area contributed by atoms with Crippen LogP contribution in [-0.4, -0.2) is 40.6 Å². The number of esters is 1. The van der Waals surface area contributed by atoms with E-state index < -0.39 is 29.3 Å². The quantitative estimate of drug-likeness (QED) is 0.393. The highest BCUT2D eigenvalue weighted by molar-refractivity contribution is 5.84. The van der Waals surface area contributed by atoms with Crippen molar-refractivity contribution < 1.29 is 28.6 Å². The molecular weight excluding hydrogens is 448 g/mol. The minimum Gasteiger partial charge on any atom is -0.481 e. The maximum absolute atomic E-state index is 13.6. The molecule has 190 valence electrons. The Morgan fingerprint density at radius 1 is 1.17 bits per heavy atom. The fourth-order valence-electron chi connectivity index (χ4n) is 4.99. The van der Waals surface area contributed by atoms with Gasteiger partial charge in [0.2, 0.25) is 5.91 Å². The van der Waals surface area contributed by atoms with Gasteiger partial charge in [-0.25, -0.2) is 4.98 Å². The van der Waals surface area contributed by atoms with Gasteiger partial charge in [0.1, 0.15) is 0 Å². The number of nitrogens with one attached hydrogen (secondary N) is 1. The van der Waals surface area contributed by atoms with Gasteiger partial charge in [-0.15, -0.1) is 0 Å². The average Bonchev–Trinajstić information content (AvgIpc) is 3.50. The van der Waals surface area contributed by atoms with Crippen LogP contribution in [-0.2, 0) is 25.5 Å². The van der Waals surface area contributed by atoms with E-state index in [1.807, 2.05) is 37.3 Å². The summed E-state index contributed by atoms with van der Waals surface area (Å²) in [6.07, 6.45) is 6.50. The molecule has 0 saturated heterocycles. The lowest BCUT2D eigenvalue weighted by atomic mass is 9.75. The Morgan fingerprint density at radius 2 is 1.89 bits per heavy atom. The molecule has 1 aliphatic carbocycles. The molecule has 1 amide bonds. The van der Waals surface area contributed by atoms with Gasteiger partial charge in [0, 0.05) is 18.0 Å². The van der Waals surface area contributed by atoms with Crippen molar-refractivity contribution in [2.75, 3.05) is 6.61 Å². The van der Waals surface area contributed by atoms with Crippen LogP contribution in [0.25, 0.3) is 11.3 Å². The second kappa shape index (κ2) is 12.5. The van der Waals surface area contributed by atoms with E-state index >= 15 is 0 Å². The first-order valence-electron chi connectivity index (χ1n) is 12.6. The summed E-state index contributed by atoms with van der Waals surface area (Å²) in [5.74, 6) is -1.01. The zero-order chi connectivity index (χ0) is 25.3. The third-order valence-corrected chi connectivity index (χ3v) is 6.75. The highest BCUT2D eigenvalue weighted by Crippen LogP contribution is 2.44. The maximum atomic E-state index is 13.6. The predicted octanol–water partition coefficient (Wildman–Crippen LogP) is 4.77. The van der Waals surface area contributed by atoms with E-state index in [1.165, 1.54) is 0 Å². The smallest absolute Gasteiger partial charge is 0.307 e. The van der Waals surface area contributed by atoms with Gasteiger partial charge in [-0.05, 0) is 32.6 Å². The average molecular weight is 485 g/mol. The van der Waals surface area contributed by atoms with Gasteiger partial charge in [-0.1, -0.05) is 56.5 Å². The van der Waals surface area contributed by atoms with E-state index in [2.05, 4.69) is 10.3 Å². The monoisotopic (exact) mass is 484 g/mol. The number of rotatable bonds is 13. The maximum Gasteiger partial charge on any atom is 0.307 e.